The summed E-state index contributed by atoms with van der Waals surface area (Å²) in [6, 6.07) is 0.341. The topological polar surface area (TPSA) is 58.0 Å². The van der Waals surface area contributed by atoms with Gasteiger partial charge in [0.05, 0.1) is 11.5 Å². The smallest absolute Gasteiger partial charge is 0.138 e. The van der Waals surface area contributed by atoms with Crippen molar-refractivity contribution in [3.05, 3.63) is 16.8 Å². The molecule has 2 N–H and O–H groups in total. The van der Waals surface area contributed by atoms with Crippen LogP contribution in [0.2, 0.25) is 0 Å². The summed E-state index contributed by atoms with van der Waals surface area (Å²) in [6.07, 6.45) is 9.09. The molecule has 0 aliphatic heterocycles. The van der Waals surface area contributed by atoms with Crippen molar-refractivity contribution in [1.82, 2.24) is 9.97 Å². The number of anilines is 1. The maximum atomic E-state index is 9.82. The molecule has 1 fully saturated rings. The van der Waals surface area contributed by atoms with Gasteiger partial charge in [-0.1, -0.05) is 0 Å². The molecule has 1 saturated carbocycles. The molecule has 0 saturated heterocycles. The van der Waals surface area contributed by atoms with Gasteiger partial charge in [-0.25, -0.2) is 9.97 Å². The van der Waals surface area contributed by atoms with Gasteiger partial charge in [-0.15, -0.1) is 11.3 Å². The van der Waals surface area contributed by atoms with E-state index in [0.717, 1.165) is 42.8 Å². The highest BCUT2D eigenvalue weighted by atomic mass is 32.1. The standard InChI is InChI=1S/C15H19N3OS/c19-10-4-1-3-9(7-10)18-14-13-11-5-2-6-12(11)20-15(13)17-8-16-14/h8-10,19H,1-7H2,(H,16,17,18)/t9-,10+/m0/s1. The molecule has 2 aromatic rings. The summed E-state index contributed by atoms with van der Waals surface area (Å²) < 4.78 is 0. The molecule has 20 heavy (non-hydrogen) atoms. The summed E-state index contributed by atoms with van der Waals surface area (Å²) in [5.41, 5.74) is 1.46. The van der Waals surface area contributed by atoms with Gasteiger partial charge in [0.2, 0.25) is 0 Å². The number of aliphatic hydroxyl groups excluding tert-OH is 1. The van der Waals surface area contributed by atoms with Crippen LogP contribution in [-0.2, 0) is 12.8 Å². The van der Waals surface area contributed by atoms with Crippen LogP contribution in [0.4, 0.5) is 5.82 Å². The van der Waals surface area contributed by atoms with E-state index in [1.165, 1.54) is 28.7 Å². The average molecular weight is 289 g/mol. The van der Waals surface area contributed by atoms with E-state index in [4.69, 9.17) is 0 Å². The van der Waals surface area contributed by atoms with Crippen molar-refractivity contribution >= 4 is 27.4 Å². The molecule has 0 amide bonds. The van der Waals surface area contributed by atoms with E-state index in [9.17, 15) is 5.11 Å². The summed E-state index contributed by atoms with van der Waals surface area (Å²) in [5.74, 6) is 0.980. The van der Waals surface area contributed by atoms with Crippen LogP contribution in [0.25, 0.3) is 10.2 Å². The number of fused-ring (bicyclic) bond motifs is 3. The first-order valence-corrected chi connectivity index (χ1v) is 8.33. The number of nitrogens with zero attached hydrogens (tertiary/aromatic N) is 2. The lowest BCUT2D eigenvalue weighted by atomic mass is 9.93. The molecule has 2 aromatic heterocycles. The van der Waals surface area contributed by atoms with Crippen molar-refractivity contribution in [3.63, 3.8) is 0 Å². The normalized spacial score (nSPS) is 25.9. The Morgan fingerprint density at radius 1 is 1.20 bits per heavy atom. The number of thiophene rings is 1. The molecule has 2 aliphatic rings. The van der Waals surface area contributed by atoms with E-state index in [1.807, 2.05) is 11.3 Å². The predicted octanol–water partition coefficient (Wildman–Crippen LogP) is 2.90. The highest BCUT2D eigenvalue weighted by Crippen LogP contribution is 2.39. The molecular formula is C15H19N3OS. The van der Waals surface area contributed by atoms with Crippen LogP contribution in [0, 0.1) is 0 Å². The zero-order valence-electron chi connectivity index (χ0n) is 11.4. The van der Waals surface area contributed by atoms with E-state index >= 15 is 0 Å². The molecule has 0 spiro atoms. The maximum Gasteiger partial charge on any atom is 0.138 e. The highest BCUT2D eigenvalue weighted by Gasteiger charge is 2.24. The van der Waals surface area contributed by atoms with Gasteiger partial charge in [0, 0.05) is 10.9 Å². The van der Waals surface area contributed by atoms with Crippen LogP contribution in [0.3, 0.4) is 0 Å². The van der Waals surface area contributed by atoms with Crippen molar-refractivity contribution in [1.29, 1.82) is 0 Å². The Morgan fingerprint density at radius 2 is 2.15 bits per heavy atom. The van der Waals surface area contributed by atoms with Crippen molar-refractivity contribution in [2.45, 2.75) is 57.1 Å². The summed E-state index contributed by atoms with van der Waals surface area (Å²) in [4.78, 5) is 11.5. The summed E-state index contributed by atoms with van der Waals surface area (Å²) in [5, 5.41) is 14.6. The lowest BCUT2D eigenvalue weighted by Crippen LogP contribution is -2.30. The molecule has 106 valence electrons. The van der Waals surface area contributed by atoms with Gasteiger partial charge in [-0.3, -0.25) is 0 Å². The molecule has 5 heteroatoms. The Hall–Kier alpha value is -1.20. The minimum Gasteiger partial charge on any atom is -0.393 e. The van der Waals surface area contributed by atoms with E-state index < -0.39 is 0 Å². The monoisotopic (exact) mass is 289 g/mol. The predicted molar refractivity (Wildman–Crippen MR) is 81.3 cm³/mol. The maximum absolute atomic E-state index is 9.82. The zero-order valence-corrected chi connectivity index (χ0v) is 12.2. The van der Waals surface area contributed by atoms with Crippen molar-refractivity contribution < 1.29 is 5.11 Å². The van der Waals surface area contributed by atoms with Crippen LogP contribution < -0.4 is 5.32 Å². The van der Waals surface area contributed by atoms with E-state index in [-0.39, 0.29) is 6.10 Å². The van der Waals surface area contributed by atoms with Crippen molar-refractivity contribution in [3.8, 4) is 0 Å². The van der Waals surface area contributed by atoms with Gasteiger partial charge < -0.3 is 10.4 Å². The molecule has 0 aromatic carbocycles. The second-order valence-electron chi connectivity index (χ2n) is 5.92. The first-order chi connectivity index (χ1) is 9.81. The summed E-state index contributed by atoms with van der Waals surface area (Å²) in [6.45, 7) is 0. The fourth-order valence-corrected chi connectivity index (χ4v) is 4.76. The van der Waals surface area contributed by atoms with Gasteiger partial charge in [-0.2, -0.15) is 0 Å². The fraction of sp³-hybridized carbons (Fsp3) is 0.600. The van der Waals surface area contributed by atoms with Gasteiger partial charge in [0.25, 0.3) is 0 Å². The molecule has 0 unspecified atom stereocenters. The Labute approximate surface area is 122 Å². The molecule has 0 radical (unpaired) electrons. The third-order valence-electron chi connectivity index (χ3n) is 4.49. The summed E-state index contributed by atoms with van der Waals surface area (Å²) >= 11 is 1.82. The minimum atomic E-state index is -0.160. The average Bonchev–Trinajstić information content (AvgIpc) is 2.99. The number of hydrogen-bond donors (Lipinski definition) is 2. The Bertz CT molecular complexity index is 639. The lowest BCUT2D eigenvalue weighted by molar-refractivity contribution is 0.124. The van der Waals surface area contributed by atoms with E-state index in [1.54, 1.807) is 6.33 Å². The molecular weight excluding hydrogens is 270 g/mol. The molecule has 4 rings (SSSR count). The largest absolute Gasteiger partial charge is 0.393 e. The number of aromatic nitrogens is 2. The third kappa shape index (κ3) is 2.09. The SMILES string of the molecule is O[C@@H]1CCC[C@H](Nc2ncnc3sc4c(c23)CCC4)C1. The lowest BCUT2D eigenvalue weighted by Gasteiger charge is -2.27. The Kier molecular flexibility index (Phi) is 3.11. The Morgan fingerprint density at radius 3 is 3.05 bits per heavy atom. The van der Waals surface area contributed by atoms with Crippen molar-refractivity contribution in [2.75, 3.05) is 5.32 Å². The van der Waals surface area contributed by atoms with E-state index in [0.29, 0.717) is 6.04 Å². The second kappa shape index (κ2) is 4.97. The van der Waals surface area contributed by atoms with Crippen LogP contribution in [0.15, 0.2) is 6.33 Å². The molecule has 2 atom stereocenters. The van der Waals surface area contributed by atoms with Gasteiger partial charge in [0.1, 0.15) is 17.0 Å². The zero-order chi connectivity index (χ0) is 13.5. The third-order valence-corrected chi connectivity index (χ3v) is 5.69. The Balaban J connectivity index is 1.69. The van der Waals surface area contributed by atoms with Gasteiger partial charge >= 0.3 is 0 Å². The summed E-state index contributed by atoms with van der Waals surface area (Å²) in [7, 11) is 0. The van der Waals surface area contributed by atoms with Crippen LogP contribution >= 0.6 is 11.3 Å². The molecule has 4 nitrogen and oxygen atoms in total. The van der Waals surface area contributed by atoms with Crippen LogP contribution in [0.1, 0.15) is 42.5 Å². The molecule has 2 heterocycles. The van der Waals surface area contributed by atoms with Crippen LogP contribution in [0.5, 0.6) is 0 Å². The number of hydrogen-bond acceptors (Lipinski definition) is 5. The number of aryl methyl sites for hydroxylation is 2. The second-order valence-corrected chi connectivity index (χ2v) is 7.01. The molecule has 0 bridgehead atoms. The van der Waals surface area contributed by atoms with Gasteiger partial charge in [-0.05, 0) is 50.5 Å². The van der Waals surface area contributed by atoms with E-state index in [2.05, 4.69) is 15.3 Å². The number of rotatable bonds is 2. The number of nitrogens with one attached hydrogen (secondary N) is 1. The first-order valence-electron chi connectivity index (χ1n) is 7.51. The van der Waals surface area contributed by atoms with Gasteiger partial charge in [0.15, 0.2) is 0 Å². The number of aliphatic hydroxyl groups is 1. The first kappa shape index (κ1) is 12.5. The highest BCUT2D eigenvalue weighted by molar-refractivity contribution is 7.19. The quantitative estimate of drug-likeness (QED) is 0.892. The van der Waals surface area contributed by atoms with Crippen LogP contribution in [-0.4, -0.2) is 27.2 Å². The molecule has 2 aliphatic carbocycles. The fourth-order valence-electron chi connectivity index (χ4n) is 3.53. The van der Waals surface area contributed by atoms with Crippen molar-refractivity contribution in [2.24, 2.45) is 0 Å². The minimum absolute atomic E-state index is 0.160.